The molecule has 0 radical (unpaired) electrons. The number of hydrogen-bond acceptors (Lipinski definition) is 5. The van der Waals surface area contributed by atoms with Crippen LogP contribution in [0.25, 0.3) is 11.0 Å². The van der Waals surface area contributed by atoms with Crippen molar-refractivity contribution in [2.45, 2.75) is 13.8 Å². The maximum atomic E-state index is 14.5. The minimum absolute atomic E-state index is 0.0598. The number of carbonyl (C=O) groups is 2. The molecule has 8 heteroatoms. The van der Waals surface area contributed by atoms with Crippen LogP contribution in [0.3, 0.4) is 0 Å². The Hall–Kier alpha value is -4.20. The second-order valence-corrected chi connectivity index (χ2v) is 7.86. The van der Waals surface area contributed by atoms with Crippen LogP contribution in [0.15, 0.2) is 59.1 Å². The van der Waals surface area contributed by atoms with E-state index in [1.54, 1.807) is 51.5 Å². The van der Waals surface area contributed by atoms with Crippen LogP contribution in [0.5, 0.6) is 11.5 Å². The third-order valence-electron chi connectivity index (χ3n) is 4.94. The van der Waals surface area contributed by atoms with Gasteiger partial charge < -0.3 is 19.4 Å². The van der Waals surface area contributed by atoms with E-state index in [2.05, 4.69) is 10.3 Å². The van der Waals surface area contributed by atoms with E-state index in [9.17, 15) is 14.0 Å². The summed E-state index contributed by atoms with van der Waals surface area (Å²) < 4.78 is 26.2. The van der Waals surface area contributed by atoms with Crippen molar-refractivity contribution >= 4 is 28.6 Å². The first-order chi connectivity index (χ1) is 15.7. The van der Waals surface area contributed by atoms with E-state index < -0.39 is 17.6 Å². The van der Waals surface area contributed by atoms with E-state index in [1.165, 1.54) is 17.0 Å². The lowest BCUT2D eigenvalue weighted by Gasteiger charge is -2.13. The summed E-state index contributed by atoms with van der Waals surface area (Å²) in [5, 5.41) is 3.37. The predicted octanol–water partition coefficient (Wildman–Crippen LogP) is 5.33. The molecule has 2 heterocycles. The minimum Gasteiger partial charge on any atom is -0.461 e. The molecule has 4 rings (SSSR count). The molecule has 2 amide bonds. The Balaban J connectivity index is 1.67. The number of fused-ring (bicyclic) bond motifs is 1. The highest BCUT2D eigenvalue weighted by molar-refractivity contribution is 6.06. The third kappa shape index (κ3) is 4.69. The highest BCUT2D eigenvalue weighted by Crippen LogP contribution is 2.34. The smallest absolute Gasteiger partial charge is 0.257 e. The van der Waals surface area contributed by atoms with Crippen LogP contribution in [0.2, 0.25) is 0 Å². The lowest BCUT2D eigenvalue weighted by molar-refractivity contribution is 0.0822. The molecule has 1 N–H and O–H groups in total. The van der Waals surface area contributed by atoms with Gasteiger partial charge in [-0.15, -0.1) is 0 Å². The van der Waals surface area contributed by atoms with Gasteiger partial charge in [0.25, 0.3) is 11.8 Å². The van der Waals surface area contributed by atoms with Crippen LogP contribution in [0, 0.1) is 19.7 Å². The van der Waals surface area contributed by atoms with Gasteiger partial charge in [0, 0.05) is 31.9 Å². The van der Waals surface area contributed by atoms with Gasteiger partial charge in [-0.2, -0.15) is 0 Å². The molecule has 0 bridgehead atoms. The number of nitrogens with one attached hydrogen (secondary N) is 1. The molecule has 2 aromatic carbocycles. The molecule has 0 aliphatic carbocycles. The summed E-state index contributed by atoms with van der Waals surface area (Å²) in [7, 11) is 3.10. The average molecular weight is 447 g/mol. The van der Waals surface area contributed by atoms with E-state index in [-0.39, 0.29) is 16.9 Å². The SMILES string of the molecule is Cc1ccc(NC(=O)c2cc(Oc3ccc(C(=O)N(C)C)c(F)c3)c3cc(C)oc3c2)nc1. The molecule has 168 valence electrons. The maximum Gasteiger partial charge on any atom is 0.257 e. The van der Waals surface area contributed by atoms with Gasteiger partial charge in [0.2, 0.25) is 0 Å². The van der Waals surface area contributed by atoms with Gasteiger partial charge in [-0.1, -0.05) is 6.07 Å². The molecule has 4 aromatic rings. The van der Waals surface area contributed by atoms with Crippen LogP contribution in [-0.2, 0) is 0 Å². The molecule has 0 aliphatic heterocycles. The first kappa shape index (κ1) is 22.0. The van der Waals surface area contributed by atoms with Crippen molar-refractivity contribution in [1.82, 2.24) is 9.88 Å². The highest BCUT2D eigenvalue weighted by atomic mass is 19.1. The normalized spacial score (nSPS) is 10.8. The van der Waals surface area contributed by atoms with Gasteiger partial charge in [0.15, 0.2) is 0 Å². The Labute approximate surface area is 189 Å². The fourth-order valence-corrected chi connectivity index (χ4v) is 3.28. The number of amides is 2. The molecule has 33 heavy (non-hydrogen) atoms. The average Bonchev–Trinajstić information content (AvgIpc) is 3.15. The molecule has 7 nitrogen and oxygen atoms in total. The maximum absolute atomic E-state index is 14.5. The summed E-state index contributed by atoms with van der Waals surface area (Å²) in [5.41, 5.74) is 1.65. The first-order valence-corrected chi connectivity index (χ1v) is 10.2. The van der Waals surface area contributed by atoms with Crippen LogP contribution in [-0.4, -0.2) is 35.8 Å². The molecule has 0 spiro atoms. The number of benzene rings is 2. The van der Waals surface area contributed by atoms with Gasteiger partial charge in [-0.25, -0.2) is 9.37 Å². The summed E-state index contributed by atoms with van der Waals surface area (Å²) in [6.45, 7) is 3.68. The zero-order valence-electron chi connectivity index (χ0n) is 18.6. The van der Waals surface area contributed by atoms with Crippen molar-refractivity contribution in [3.05, 3.63) is 83.0 Å². The minimum atomic E-state index is -0.704. The van der Waals surface area contributed by atoms with Crippen molar-refractivity contribution in [2.75, 3.05) is 19.4 Å². The number of aromatic nitrogens is 1. The molecule has 0 saturated heterocycles. The Morgan fingerprint density at radius 2 is 1.85 bits per heavy atom. The van der Waals surface area contributed by atoms with Crippen LogP contribution in [0.1, 0.15) is 32.0 Å². The summed E-state index contributed by atoms with van der Waals surface area (Å²) in [6, 6.07) is 12.5. The first-order valence-electron chi connectivity index (χ1n) is 10.2. The zero-order valence-corrected chi connectivity index (χ0v) is 18.6. The number of ether oxygens (including phenoxy) is 1. The van der Waals surface area contributed by atoms with Crippen molar-refractivity contribution in [3.8, 4) is 11.5 Å². The highest BCUT2D eigenvalue weighted by Gasteiger charge is 2.18. The number of rotatable bonds is 5. The number of aryl methyl sites for hydroxylation is 2. The molecular formula is C25H22FN3O4. The van der Waals surface area contributed by atoms with E-state index in [0.29, 0.717) is 28.3 Å². The van der Waals surface area contributed by atoms with E-state index in [0.717, 1.165) is 11.6 Å². The van der Waals surface area contributed by atoms with E-state index >= 15 is 0 Å². The number of carbonyl (C=O) groups excluding carboxylic acids is 2. The molecule has 0 saturated carbocycles. The summed E-state index contributed by atoms with van der Waals surface area (Å²) in [5.74, 6) is -0.0124. The van der Waals surface area contributed by atoms with Gasteiger partial charge in [0.1, 0.15) is 34.5 Å². The zero-order chi connectivity index (χ0) is 23.7. The van der Waals surface area contributed by atoms with Crippen molar-refractivity contribution in [1.29, 1.82) is 0 Å². The van der Waals surface area contributed by atoms with Crippen molar-refractivity contribution in [2.24, 2.45) is 0 Å². The molecular weight excluding hydrogens is 425 g/mol. The van der Waals surface area contributed by atoms with E-state index in [1.807, 2.05) is 13.0 Å². The fraction of sp³-hybridized carbons (Fsp3) is 0.160. The third-order valence-corrected chi connectivity index (χ3v) is 4.94. The standard InChI is InChI=1S/C25H22FN3O4/c1-14-5-8-23(27-13-14)28-24(30)16-10-21-19(9-15(2)32-21)22(11-16)33-17-6-7-18(20(26)12-17)25(31)29(3)4/h5-13H,1-4H3,(H,27,28,30). The van der Waals surface area contributed by atoms with E-state index in [4.69, 9.17) is 9.15 Å². The van der Waals surface area contributed by atoms with Gasteiger partial charge in [-0.05, 0) is 55.8 Å². The number of anilines is 1. The Bertz CT molecular complexity index is 1360. The summed E-state index contributed by atoms with van der Waals surface area (Å²) >= 11 is 0. The molecule has 2 aromatic heterocycles. The van der Waals surface area contributed by atoms with Crippen molar-refractivity contribution < 1.29 is 23.1 Å². The summed E-state index contributed by atoms with van der Waals surface area (Å²) in [4.78, 5) is 30.4. The molecule has 0 atom stereocenters. The number of pyridine rings is 1. The Kier molecular flexibility index (Phi) is 5.83. The number of nitrogens with zero attached hydrogens (tertiary/aromatic N) is 2. The molecule has 0 fully saturated rings. The quantitative estimate of drug-likeness (QED) is 0.447. The van der Waals surface area contributed by atoms with Crippen LogP contribution in [0.4, 0.5) is 10.2 Å². The molecule has 0 aliphatic rings. The summed E-state index contributed by atoms with van der Waals surface area (Å²) in [6.07, 6.45) is 1.66. The van der Waals surface area contributed by atoms with Crippen molar-refractivity contribution in [3.63, 3.8) is 0 Å². The monoisotopic (exact) mass is 447 g/mol. The Morgan fingerprint density at radius 1 is 1.06 bits per heavy atom. The number of hydrogen-bond donors (Lipinski definition) is 1. The fourth-order valence-electron chi connectivity index (χ4n) is 3.28. The largest absolute Gasteiger partial charge is 0.461 e. The predicted molar refractivity (Wildman–Crippen MR) is 122 cm³/mol. The van der Waals surface area contributed by atoms with Crippen LogP contribution < -0.4 is 10.1 Å². The topological polar surface area (TPSA) is 84.7 Å². The van der Waals surface area contributed by atoms with Gasteiger partial charge >= 0.3 is 0 Å². The second-order valence-electron chi connectivity index (χ2n) is 7.86. The molecule has 0 unspecified atom stereocenters. The number of furan rings is 1. The lowest BCUT2D eigenvalue weighted by atomic mass is 10.1. The van der Waals surface area contributed by atoms with Crippen LogP contribution >= 0.6 is 0 Å². The van der Waals surface area contributed by atoms with Gasteiger partial charge in [-0.3, -0.25) is 9.59 Å². The van der Waals surface area contributed by atoms with Gasteiger partial charge in [0.05, 0.1) is 10.9 Å². The number of halogens is 1. The Morgan fingerprint density at radius 3 is 2.52 bits per heavy atom. The lowest BCUT2D eigenvalue weighted by Crippen LogP contribution is -2.22. The second kappa shape index (κ2) is 8.74.